The zero-order chi connectivity index (χ0) is 12.4. The number of para-hydroxylation sites is 1. The maximum absolute atomic E-state index is 11.7. The van der Waals surface area contributed by atoms with Crippen molar-refractivity contribution in [3.8, 4) is 0 Å². The molecule has 90 valence electrons. The van der Waals surface area contributed by atoms with Crippen molar-refractivity contribution in [3.05, 3.63) is 29.3 Å². The molecule has 0 aliphatic carbocycles. The van der Waals surface area contributed by atoms with E-state index in [-0.39, 0.29) is 19.1 Å². The highest BCUT2D eigenvalue weighted by Gasteiger charge is 2.35. The first-order valence-corrected chi connectivity index (χ1v) is 5.49. The van der Waals surface area contributed by atoms with Gasteiger partial charge in [-0.25, -0.2) is 4.79 Å². The zero-order valence-electron chi connectivity index (χ0n) is 8.89. The van der Waals surface area contributed by atoms with Crippen LogP contribution in [0.1, 0.15) is 0 Å². The number of rotatable bonds is 2. The van der Waals surface area contributed by atoms with Crippen molar-refractivity contribution in [2.24, 2.45) is 5.92 Å². The van der Waals surface area contributed by atoms with E-state index < -0.39 is 11.9 Å². The molecule has 0 spiro atoms. The average Bonchev–Trinajstić information content (AvgIpc) is 2.18. The largest absolute Gasteiger partial charge is 0.481 e. The maximum atomic E-state index is 11.7. The van der Waals surface area contributed by atoms with Gasteiger partial charge in [-0.15, -0.1) is 0 Å². The lowest BCUT2D eigenvalue weighted by molar-refractivity contribution is -0.145. The minimum Gasteiger partial charge on any atom is -0.481 e. The van der Waals surface area contributed by atoms with E-state index >= 15 is 0 Å². The van der Waals surface area contributed by atoms with Crippen molar-refractivity contribution < 1.29 is 14.7 Å². The number of carbonyl (C=O) groups is 2. The Labute approximate surface area is 103 Å². The highest BCUT2D eigenvalue weighted by molar-refractivity contribution is 6.33. The smallest absolute Gasteiger partial charge is 0.321 e. The van der Waals surface area contributed by atoms with Gasteiger partial charge >= 0.3 is 12.0 Å². The molecule has 1 fully saturated rings. The number of halogens is 1. The summed E-state index contributed by atoms with van der Waals surface area (Å²) in [5.74, 6) is -1.32. The van der Waals surface area contributed by atoms with Gasteiger partial charge in [0.25, 0.3) is 0 Å². The summed E-state index contributed by atoms with van der Waals surface area (Å²) in [5.41, 5.74) is 0.526. The Balaban J connectivity index is 1.91. The van der Waals surface area contributed by atoms with Gasteiger partial charge in [0, 0.05) is 13.1 Å². The molecule has 17 heavy (non-hydrogen) atoms. The molecule has 5 nitrogen and oxygen atoms in total. The molecule has 0 bridgehead atoms. The fourth-order valence-corrected chi connectivity index (χ4v) is 1.74. The Bertz CT molecular complexity index is 458. The fourth-order valence-electron chi connectivity index (χ4n) is 1.56. The molecule has 0 unspecified atom stereocenters. The van der Waals surface area contributed by atoms with E-state index in [1.807, 2.05) is 0 Å². The van der Waals surface area contributed by atoms with E-state index in [4.69, 9.17) is 16.7 Å². The Kier molecular flexibility index (Phi) is 3.19. The van der Waals surface area contributed by atoms with Gasteiger partial charge < -0.3 is 15.3 Å². The van der Waals surface area contributed by atoms with Crippen LogP contribution >= 0.6 is 11.6 Å². The van der Waals surface area contributed by atoms with E-state index in [2.05, 4.69) is 5.32 Å². The maximum Gasteiger partial charge on any atom is 0.321 e. The average molecular weight is 255 g/mol. The quantitative estimate of drug-likeness (QED) is 0.847. The van der Waals surface area contributed by atoms with Crippen LogP contribution in [0, 0.1) is 5.92 Å². The molecular formula is C11H11ClN2O3. The number of aliphatic carboxylic acids is 1. The second-order valence-electron chi connectivity index (χ2n) is 3.85. The standard InChI is InChI=1S/C11H11ClN2O3/c12-8-3-1-2-4-9(8)13-11(17)14-5-7(6-14)10(15)16/h1-4,7H,5-6H2,(H,13,17)(H,15,16). The van der Waals surface area contributed by atoms with Crippen LogP contribution in [-0.4, -0.2) is 35.1 Å². The van der Waals surface area contributed by atoms with Crippen LogP contribution < -0.4 is 5.32 Å². The molecule has 2 rings (SSSR count). The summed E-state index contributed by atoms with van der Waals surface area (Å²) >= 11 is 5.89. The number of hydrogen-bond donors (Lipinski definition) is 2. The lowest BCUT2D eigenvalue weighted by atomic mass is 10.0. The Morgan fingerprint density at radius 3 is 2.59 bits per heavy atom. The van der Waals surface area contributed by atoms with E-state index in [0.717, 1.165) is 0 Å². The number of carboxylic acids is 1. The normalized spacial score (nSPS) is 15.2. The predicted octanol–water partition coefficient (Wildman–Crippen LogP) is 1.89. The SMILES string of the molecule is O=C(O)C1CN(C(=O)Nc2ccccc2Cl)C1. The van der Waals surface area contributed by atoms with E-state index in [0.29, 0.717) is 10.7 Å². The lowest BCUT2D eigenvalue weighted by Crippen LogP contribution is -2.54. The number of likely N-dealkylation sites (tertiary alicyclic amines) is 1. The number of hydrogen-bond acceptors (Lipinski definition) is 2. The van der Waals surface area contributed by atoms with Gasteiger partial charge in [0.05, 0.1) is 16.6 Å². The third kappa shape index (κ3) is 2.50. The van der Waals surface area contributed by atoms with Crippen molar-refractivity contribution in [2.75, 3.05) is 18.4 Å². The summed E-state index contributed by atoms with van der Waals surface area (Å²) in [6, 6.07) is 6.57. The molecule has 1 heterocycles. The van der Waals surface area contributed by atoms with Crippen molar-refractivity contribution in [3.63, 3.8) is 0 Å². The van der Waals surface area contributed by atoms with Gasteiger partial charge in [-0.3, -0.25) is 4.79 Å². The summed E-state index contributed by atoms with van der Waals surface area (Å²) in [6.07, 6.45) is 0. The zero-order valence-corrected chi connectivity index (χ0v) is 9.65. The molecule has 0 radical (unpaired) electrons. The predicted molar refractivity (Wildman–Crippen MR) is 63.2 cm³/mol. The van der Waals surface area contributed by atoms with Crippen LogP contribution in [-0.2, 0) is 4.79 Å². The Morgan fingerprint density at radius 2 is 2.00 bits per heavy atom. The van der Waals surface area contributed by atoms with E-state index in [1.54, 1.807) is 24.3 Å². The summed E-state index contributed by atoms with van der Waals surface area (Å²) in [6.45, 7) is 0.483. The third-order valence-electron chi connectivity index (χ3n) is 2.63. The summed E-state index contributed by atoms with van der Waals surface area (Å²) < 4.78 is 0. The minimum absolute atomic E-state index is 0.242. The van der Waals surface area contributed by atoms with Gasteiger partial charge in [0.1, 0.15) is 0 Å². The Hall–Kier alpha value is -1.75. The molecular weight excluding hydrogens is 244 g/mol. The number of benzene rings is 1. The van der Waals surface area contributed by atoms with Gasteiger partial charge in [-0.05, 0) is 12.1 Å². The number of nitrogens with one attached hydrogen (secondary N) is 1. The summed E-state index contributed by atoms with van der Waals surface area (Å²) in [5, 5.41) is 11.8. The molecule has 1 aliphatic rings. The fraction of sp³-hybridized carbons (Fsp3) is 0.273. The van der Waals surface area contributed by atoms with Gasteiger partial charge in [0.15, 0.2) is 0 Å². The van der Waals surface area contributed by atoms with Crippen molar-refractivity contribution >= 4 is 29.3 Å². The van der Waals surface area contributed by atoms with Gasteiger partial charge in [-0.1, -0.05) is 23.7 Å². The molecule has 1 aromatic carbocycles. The lowest BCUT2D eigenvalue weighted by Gasteiger charge is -2.36. The number of carboxylic acid groups (broad SMARTS) is 1. The molecule has 0 aromatic heterocycles. The van der Waals surface area contributed by atoms with Crippen molar-refractivity contribution in [2.45, 2.75) is 0 Å². The number of urea groups is 1. The molecule has 1 saturated heterocycles. The van der Waals surface area contributed by atoms with Crippen LogP contribution in [0.25, 0.3) is 0 Å². The van der Waals surface area contributed by atoms with E-state index in [1.165, 1.54) is 4.90 Å². The minimum atomic E-state index is -0.869. The third-order valence-corrected chi connectivity index (χ3v) is 2.96. The molecule has 2 amide bonds. The molecule has 1 aromatic rings. The first kappa shape index (κ1) is 11.7. The first-order chi connectivity index (χ1) is 8.08. The first-order valence-electron chi connectivity index (χ1n) is 5.11. The number of nitrogens with zero attached hydrogens (tertiary/aromatic N) is 1. The molecule has 0 saturated carbocycles. The van der Waals surface area contributed by atoms with Crippen LogP contribution in [0.3, 0.4) is 0 Å². The van der Waals surface area contributed by atoms with Crippen molar-refractivity contribution in [1.29, 1.82) is 0 Å². The Morgan fingerprint density at radius 1 is 1.35 bits per heavy atom. The number of amides is 2. The number of anilines is 1. The number of carbonyl (C=O) groups excluding carboxylic acids is 1. The van der Waals surface area contributed by atoms with Crippen LogP contribution in [0.2, 0.25) is 5.02 Å². The monoisotopic (exact) mass is 254 g/mol. The molecule has 2 N–H and O–H groups in total. The molecule has 6 heteroatoms. The summed E-state index contributed by atoms with van der Waals surface area (Å²) in [7, 11) is 0. The highest BCUT2D eigenvalue weighted by Crippen LogP contribution is 2.22. The summed E-state index contributed by atoms with van der Waals surface area (Å²) in [4.78, 5) is 23.7. The van der Waals surface area contributed by atoms with E-state index in [9.17, 15) is 9.59 Å². The van der Waals surface area contributed by atoms with Crippen LogP contribution in [0.15, 0.2) is 24.3 Å². The molecule has 0 atom stereocenters. The topological polar surface area (TPSA) is 69.6 Å². The second kappa shape index (κ2) is 4.63. The van der Waals surface area contributed by atoms with Crippen LogP contribution in [0.4, 0.5) is 10.5 Å². The van der Waals surface area contributed by atoms with Crippen LogP contribution in [0.5, 0.6) is 0 Å². The van der Waals surface area contributed by atoms with Gasteiger partial charge in [-0.2, -0.15) is 0 Å². The highest BCUT2D eigenvalue weighted by atomic mass is 35.5. The van der Waals surface area contributed by atoms with Crippen molar-refractivity contribution in [1.82, 2.24) is 4.90 Å². The van der Waals surface area contributed by atoms with Gasteiger partial charge in [0.2, 0.25) is 0 Å². The molecule has 1 aliphatic heterocycles. The second-order valence-corrected chi connectivity index (χ2v) is 4.26.